The first-order valence-corrected chi connectivity index (χ1v) is 10.5. The van der Waals surface area contributed by atoms with Crippen LogP contribution in [0.4, 0.5) is 19.0 Å². The molecule has 2 fully saturated rings. The van der Waals surface area contributed by atoms with Crippen molar-refractivity contribution in [2.24, 2.45) is 0 Å². The van der Waals surface area contributed by atoms with Crippen molar-refractivity contribution in [1.82, 2.24) is 14.8 Å². The van der Waals surface area contributed by atoms with E-state index in [1.54, 1.807) is 17.6 Å². The maximum Gasteiger partial charge on any atom is 0.266 e. The number of rotatable bonds is 6. The Morgan fingerprint density at radius 2 is 1.87 bits per heavy atom. The maximum absolute atomic E-state index is 14.6. The number of anilines is 1. The Kier molecular flexibility index (Phi) is 4.57. The topological polar surface area (TPSA) is 59.8 Å². The summed E-state index contributed by atoms with van der Waals surface area (Å²) in [6.45, 7) is 3.73. The normalized spacial score (nSPS) is 18.4. The Morgan fingerprint density at radius 1 is 1.16 bits per heavy atom. The highest BCUT2D eigenvalue weighted by Gasteiger charge is 2.40. The number of nitrogens with one attached hydrogen (secondary N) is 1. The van der Waals surface area contributed by atoms with Crippen LogP contribution < -0.4 is 10.9 Å². The van der Waals surface area contributed by atoms with E-state index in [1.165, 1.54) is 12.1 Å². The standard InChI is InChI=1S/C23H23F3N4O/c1-12(14-4-3-5-15(19(14)24)21(25)26)27-22-17-11-30(23(2)8-9-23)18(31)10-16(17)20(28-29-22)13-6-7-13/h3-5,10-13,21H,6-9H2,1-2H3,(H,27,29)/t12-/m1/s1. The number of fused-ring (bicyclic) bond motifs is 1. The highest BCUT2D eigenvalue weighted by molar-refractivity contribution is 5.93. The summed E-state index contributed by atoms with van der Waals surface area (Å²) < 4.78 is 42.6. The molecule has 31 heavy (non-hydrogen) atoms. The van der Waals surface area contributed by atoms with Gasteiger partial charge in [-0.2, -0.15) is 5.10 Å². The van der Waals surface area contributed by atoms with Crippen molar-refractivity contribution in [1.29, 1.82) is 0 Å². The van der Waals surface area contributed by atoms with Crippen LogP contribution in [0.5, 0.6) is 0 Å². The largest absolute Gasteiger partial charge is 0.361 e. The van der Waals surface area contributed by atoms with Crippen molar-refractivity contribution >= 4 is 16.6 Å². The smallest absolute Gasteiger partial charge is 0.266 e. The molecule has 0 amide bonds. The van der Waals surface area contributed by atoms with Gasteiger partial charge in [-0.25, -0.2) is 13.2 Å². The lowest BCUT2D eigenvalue weighted by molar-refractivity contribution is 0.146. The fourth-order valence-electron chi connectivity index (χ4n) is 4.11. The predicted octanol–water partition coefficient (Wildman–Crippen LogP) is 5.43. The molecule has 2 aliphatic rings. The summed E-state index contributed by atoms with van der Waals surface area (Å²) in [4.78, 5) is 12.8. The summed E-state index contributed by atoms with van der Waals surface area (Å²) in [5.74, 6) is -0.216. The van der Waals surface area contributed by atoms with Gasteiger partial charge in [0.05, 0.1) is 17.3 Å². The minimum atomic E-state index is -2.89. The van der Waals surface area contributed by atoms with Gasteiger partial charge >= 0.3 is 0 Å². The van der Waals surface area contributed by atoms with E-state index in [9.17, 15) is 18.0 Å². The molecule has 0 spiro atoms. The molecule has 2 aliphatic carbocycles. The number of hydrogen-bond acceptors (Lipinski definition) is 4. The van der Waals surface area contributed by atoms with E-state index >= 15 is 0 Å². The molecule has 1 atom stereocenters. The van der Waals surface area contributed by atoms with Crippen LogP contribution in [-0.4, -0.2) is 14.8 Å². The van der Waals surface area contributed by atoms with E-state index in [0.29, 0.717) is 11.7 Å². The summed E-state index contributed by atoms with van der Waals surface area (Å²) in [6.07, 6.45) is 2.80. The molecule has 162 valence electrons. The third-order valence-corrected chi connectivity index (χ3v) is 6.47. The molecule has 0 bridgehead atoms. The lowest BCUT2D eigenvalue weighted by atomic mass is 10.0. The molecule has 3 aromatic rings. The Morgan fingerprint density at radius 3 is 2.52 bits per heavy atom. The van der Waals surface area contributed by atoms with Crippen molar-refractivity contribution in [2.45, 2.75) is 63.5 Å². The van der Waals surface area contributed by atoms with Crippen LogP contribution in [-0.2, 0) is 5.54 Å². The van der Waals surface area contributed by atoms with Crippen molar-refractivity contribution in [3.8, 4) is 0 Å². The molecule has 8 heteroatoms. The number of alkyl halides is 2. The van der Waals surface area contributed by atoms with Gasteiger partial charge in [0.2, 0.25) is 0 Å². The number of benzene rings is 1. The first-order valence-electron chi connectivity index (χ1n) is 10.5. The fourth-order valence-corrected chi connectivity index (χ4v) is 4.11. The van der Waals surface area contributed by atoms with Crippen LogP contribution in [0.15, 0.2) is 35.3 Å². The molecule has 2 saturated carbocycles. The zero-order valence-corrected chi connectivity index (χ0v) is 17.3. The Hall–Kier alpha value is -2.90. The van der Waals surface area contributed by atoms with Gasteiger partial charge in [-0.15, -0.1) is 5.10 Å². The van der Waals surface area contributed by atoms with E-state index in [1.807, 2.05) is 13.1 Å². The van der Waals surface area contributed by atoms with Crippen LogP contribution >= 0.6 is 0 Å². The number of pyridine rings is 1. The first kappa shape index (κ1) is 20.0. The van der Waals surface area contributed by atoms with Gasteiger partial charge in [-0.05, 0) is 39.5 Å². The average molecular weight is 428 g/mol. The van der Waals surface area contributed by atoms with E-state index in [4.69, 9.17) is 0 Å². The van der Waals surface area contributed by atoms with Crippen molar-refractivity contribution in [3.05, 3.63) is 63.5 Å². The summed E-state index contributed by atoms with van der Waals surface area (Å²) in [5.41, 5.74) is 0.0408. The Balaban J connectivity index is 1.59. The SMILES string of the molecule is C[C@@H](Nc1nnc(C2CC2)c2cc(=O)n(C3(C)CC3)cc12)c1cccc(C(F)F)c1F. The third-order valence-electron chi connectivity index (χ3n) is 6.47. The second-order valence-electron chi connectivity index (χ2n) is 8.93. The molecule has 0 radical (unpaired) electrons. The van der Waals surface area contributed by atoms with Gasteiger partial charge < -0.3 is 9.88 Å². The molecular formula is C23H23F3N4O. The molecule has 0 saturated heterocycles. The van der Waals surface area contributed by atoms with Crippen molar-refractivity contribution in [2.75, 3.05) is 5.32 Å². The van der Waals surface area contributed by atoms with Gasteiger partial charge in [0.1, 0.15) is 5.82 Å². The Labute approximate surface area is 177 Å². The monoisotopic (exact) mass is 428 g/mol. The summed E-state index contributed by atoms with van der Waals surface area (Å²) in [5, 5.41) is 13.3. The minimum absolute atomic E-state index is 0.0722. The zero-order chi connectivity index (χ0) is 21.9. The molecule has 5 nitrogen and oxygen atoms in total. The van der Waals surface area contributed by atoms with Crippen molar-refractivity contribution in [3.63, 3.8) is 0 Å². The molecular weight excluding hydrogens is 405 g/mol. The van der Waals surface area contributed by atoms with Gasteiger partial charge in [0.15, 0.2) is 5.82 Å². The van der Waals surface area contributed by atoms with E-state index in [0.717, 1.165) is 48.2 Å². The Bertz CT molecular complexity index is 1230. The molecule has 1 N–H and O–H groups in total. The van der Waals surface area contributed by atoms with Crippen LogP contribution in [0, 0.1) is 5.82 Å². The van der Waals surface area contributed by atoms with E-state index < -0.39 is 23.8 Å². The summed E-state index contributed by atoms with van der Waals surface area (Å²) in [7, 11) is 0. The van der Waals surface area contributed by atoms with E-state index in [2.05, 4.69) is 15.5 Å². The van der Waals surface area contributed by atoms with Gasteiger partial charge in [0.25, 0.3) is 12.0 Å². The number of nitrogens with zero attached hydrogens (tertiary/aromatic N) is 3. The summed E-state index contributed by atoms with van der Waals surface area (Å²) >= 11 is 0. The number of halogens is 3. The second kappa shape index (κ2) is 7.07. The number of aromatic nitrogens is 3. The maximum atomic E-state index is 14.6. The predicted molar refractivity (Wildman–Crippen MR) is 112 cm³/mol. The lowest BCUT2D eigenvalue weighted by Crippen LogP contribution is -2.27. The molecule has 0 aliphatic heterocycles. The molecule has 1 aromatic carbocycles. The molecule has 0 unspecified atom stereocenters. The fraction of sp³-hybridized carbons (Fsp3) is 0.435. The third kappa shape index (κ3) is 3.47. The molecule has 5 rings (SSSR count). The lowest BCUT2D eigenvalue weighted by Gasteiger charge is -2.20. The molecule has 2 aromatic heterocycles. The molecule has 2 heterocycles. The number of hydrogen-bond donors (Lipinski definition) is 1. The van der Waals surface area contributed by atoms with Gasteiger partial charge in [-0.3, -0.25) is 4.79 Å². The van der Waals surface area contributed by atoms with Crippen LogP contribution in [0.1, 0.15) is 74.7 Å². The van der Waals surface area contributed by atoms with E-state index in [-0.39, 0.29) is 16.7 Å². The second-order valence-corrected chi connectivity index (χ2v) is 8.93. The van der Waals surface area contributed by atoms with Crippen molar-refractivity contribution < 1.29 is 13.2 Å². The van der Waals surface area contributed by atoms with Gasteiger partial charge in [-0.1, -0.05) is 18.2 Å². The summed E-state index contributed by atoms with van der Waals surface area (Å²) in [6, 6.07) is 4.98. The highest BCUT2D eigenvalue weighted by Crippen LogP contribution is 2.45. The quantitative estimate of drug-likeness (QED) is 0.569. The average Bonchev–Trinajstić information content (AvgIpc) is 3.65. The van der Waals surface area contributed by atoms with Crippen LogP contribution in [0.25, 0.3) is 10.8 Å². The first-order chi connectivity index (χ1) is 14.8. The minimum Gasteiger partial charge on any atom is -0.361 e. The van der Waals surface area contributed by atoms with Gasteiger partial charge in [0, 0.05) is 40.1 Å². The zero-order valence-electron chi connectivity index (χ0n) is 17.3. The highest BCUT2D eigenvalue weighted by atomic mass is 19.3. The van der Waals surface area contributed by atoms with Crippen LogP contribution in [0.3, 0.4) is 0 Å². The van der Waals surface area contributed by atoms with Crippen LogP contribution in [0.2, 0.25) is 0 Å².